The maximum atomic E-state index is 13.1. The summed E-state index contributed by atoms with van der Waals surface area (Å²) in [5.41, 5.74) is -2.56. The van der Waals surface area contributed by atoms with Crippen molar-refractivity contribution in [2.75, 3.05) is 13.2 Å². The Morgan fingerprint density at radius 1 is 1.11 bits per heavy atom. The van der Waals surface area contributed by atoms with Crippen molar-refractivity contribution in [3.63, 3.8) is 0 Å². The van der Waals surface area contributed by atoms with E-state index in [1.165, 1.54) is 12.3 Å². The van der Waals surface area contributed by atoms with Crippen LogP contribution in [-0.2, 0) is 20.5 Å². The molecule has 38 heavy (non-hydrogen) atoms. The highest BCUT2D eigenvalue weighted by Crippen LogP contribution is 2.34. The summed E-state index contributed by atoms with van der Waals surface area (Å²) < 4.78 is 81.7. The number of ether oxygens (including phenoxy) is 2. The second-order valence-electron chi connectivity index (χ2n) is 10.1. The van der Waals surface area contributed by atoms with Crippen LogP contribution in [-0.4, -0.2) is 69.5 Å². The summed E-state index contributed by atoms with van der Waals surface area (Å²) in [5, 5.41) is 9.89. The Morgan fingerprint density at radius 2 is 1.68 bits per heavy atom. The lowest BCUT2D eigenvalue weighted by Crippen LogP contribution is -2.50. The van der Waals surface area contributed by atoms with Gasteiger partial charge in [-0.1, -0.05) is 0 Å². The largest absolute Gasteiger partial charge is 0.490 e. The number of carboxylic acid groups (broad SMARTS) is 1. The van der Waals surface area contributed by atoms with Crippen molar-refractivity contribution in [3.05, 3.63) is 23.9 Å². The van der Waals surface area contributed by atoms with Gasteiger partial charge in [0.25, 0.3) is 0 Å². The molecule has 1 fully saturated rings. The molecule has 1 aliphatic heterocycles. The highest BCUT2D eigenvalue weighted by atomic mass is 19.4. The van der Waals surface area contributed by atoms with E-state index in [4.69, 9.17) is 19.4 Å². The summed E-state index contributed by atoms with van der Waals surface area (Å²) in [6.45, 7) is 8.91. The molecule has 0 spiro atoms. The average molecular weight is 560 g/mol. The number of carbonyl (C=O) groups is 3. The summed E-state index contributed by atoms with van der Waals surface area (Å²) in [4.78, 5) is 39.0. The number of amides is 2. The number of hydrogen-bond acceptors (Lipinski definition) is 6. The van der Waals surface area contributed by atoms with Gasteiger partial charge in [0, 0.05) is 25.2 Å². The highest BCUT2D eigenvalue weighted by molar-refractivity contribution is 5.78. The summed E-state index contributed by atoms with van der Waals surface area (Å²) in [7, 11) is 0. The predicted octanol–water partition coefficient (Wildman–Crippen LogP) is 4.80. The van der Waals surface area contributed by atoms with Crippen molar-refractivity contribution in [2.45, 2.75) is 83.4 Å². The number of likely N-dealkylation sites (tertiary alicyclic amines) is 1. The van der Waals surface area contributed by atoms with Crippen molar-refractivity contribution >= 4 is 18.0 Å². The molecule has 1 atom stereocenters. The fourth-order valence-electron chi connectivity index (χ4n) is 3.26. The Morgan fingerprint density at radius 3 is 2.18 bits per heavy atom. The Bertz CT molecular complexity index is 976. The fourth-order valence-corrected chi connectivity index (χ4v) is 3.26. The molecule has 0 aliphatic carbocycles. The summed E-state index contributed by atoms with van der Waals surface area (Å²) in [6, 6.07) is 1.78. The second kappa shape index (κ2) is 12.5. The van der Waals surface area contributed by atoms with Crippen molar-refractivity contribution in [2.24, 2.45) is 0 Å². The lowest BCUT2D eigenvalue weighted by atomic mass is 10.1. The maximum Gasteiger partial charge on any atom is 0.490 e. The zero-order valence-corrected chi connectivity index (χ0v) is 21.5. The zero-order valence-electron chi connectivity index (χ0n) is 21.5. The number of rotatable bonds is 6. The molecule has 2 heterocycles. The Labute approximate surface area is 215 Å². The van der Waals surface area contributed by atoms with E-state index in [9.17, 15) is 35.9 Å². The van der Waals surface area contributed by atoms with Crippen LogP contribution in [0.15, 0.2) is 18.3 Å². The van der Waals surface area contributed by atoms with Crippen LogP contribution in [0.3, 0.4) is 0 Å². The number of aliphatic carboxylic acids is 1. The van der Waals surface area contributed by atoms with Crippen LogP contribution in [0.1, 0.15) is 59.4 Å². The first-order valence-corrected chi connectivity index (χ1v) is 11.4. The Hall–Kier alpha value is -3.26. The van der Waals surface area contributed by atoms with Gasteiger partial charge in [-0.2, -0.15) is 26.3 Å². The number of halogens is 6. The number of nitrogens with zero attached hydrogens (tertiary/aromatic N) is 2. The SMILES string of the molecule is CC(C)(COc1ncccc1C(F)(F)F)NC(=O)CC1CCCN1C(=O)OC(C)(C)C.O=C(O)C(F)(F)F. The molecule has 2 N–H and O–H groups in total. The minimum absolute atomic E-state index is 0.0695. The Kier molecular flexibility index (Phi) is 10.8. The van der Waals surface area contributed by atoms with Gasteiger partial charge in [-0.15, -0.1) is 0 Å². The third kappa shape index (κ3) is 11.4. The van der Waals surface area contributed by atoms with Crippen LogP contribution in [0.5, 0.6) is 5.88 Å². The van der Waals surface area contributed by atoms with Crippen LogP contribution in [0, 0.1) is 0 Å². The average Bonchev–Trinajstić information content (AvgIpc) is 3.18. The van der Waals surface area contributed by atoms with E-state index in [0.29, 0.717) is 13.0 Å². The van der Waals surface area contributed by atoms with Crippen LogP contribution in [0.25, 0.3) is 0 Å². The van der Waals surface area contributed by atoms with E-state index in [1.54, 1.807) is 39.5 Å². The molecule has 15 heteroatoms. The molecule has 0 radical (unpaired) electrons. The first kappa shape index (κ1) is 32.8. The maximum absolute atomic E-state index is 13.1. The van der Waals surface area contributed by atoms with Gasteiger partial charge < -0.3 is 24.8 Å². The molecule has 1 aliphatic rings. The summed E-state index contributed by atoms with van der Waals surface area (Å²) >= 11 is 0. The number of hydrogen-bond donors (Lipinski definition) is 2. The quantitative estimate of drug-likeness (QED) is 0.481. The molecule has 2 amide bonds. The summed E-state index contributed by atoms with van der Waals surface area (Å²) in [6.07, 6.45) is -7.41. The zero-order chi connectivity index (χ0) is 29.5. The van der Waals surface area contributed by atoms with Gasteiger partial charge >= 0.3 is 24.4 Å². The van der Waals surface area contributed by atoms with Gasteiger partial charge in [0.1, 0.15) is 17.8 Å². The monoisotopic (exact) mass is 559 g/mol. The molecule has 216 valence electrons. The number of pyridine rings is 1. The van der Waals surface area contributed by atoms with Crippen molar-refractivity contribution in [3.8, 4) is 5.88 Å². The van der Waals surface area contributed by atoms with E-state index in [2.05, 4.69) is 10.3 Å². The standard InChI is InChI=1S/C21H30F3N3O4.C2HF3O2/c1-19(2,3)31-18(29)27-11-7-8-14(27)12-16(28)26-20(4,5)13-30-17-15(21(22,23)24)9-6-10-25-17;3-2(4,5)1(6)7/h6,9-10,14H,7-8,11-13H2,1-5H3,(H,26,28);(H,6,7). The van der Waals surface area contributed by atoms with Crippen LogP contribution < -0.4 is 10.1 Å². The van der Waals surface area contributed by atoms with E-state index in [-0.39, 0.29) is 25.0 Å². The highest BCUT2D eigenvalue weighted by Gasteiger charge is 2.38. The molecule has 2 rings (SSSR count). The number of nitrogens with one attached hydrogen (secondary N) is 1. The van der Waals surface area contributed by atoms with Gasteiger partial charge in [-0.25, -0.2) is 14.6 Å². The molecule has 1 saturated heterocycles. The molecule has 1 aromatic rings. The Balaban J connectivity index is 0.000000905. The van der Waals surface area contributed by atoms with Gasteiger partial charge in [-0.3, -0.25) is 4.79 Å². The predicted molar refractivity (Wildman–Crippen MR) is 121 cm³/mol. The minimum atomic E-state index is -5.08. The molecule has 0 saturated carbocycles. The van der Waals surface area contributed by atoms with Crippen molar-refractivity contribution in [1.82, 2.24) is 15.2 Å². The van der Waals surface area contributed by atoms with E-state index in [1.807, 2.05) is 0 Å². The van der Waals surface area contributed by atoms with Gasteiger partial charge in [0.2, 0.25) is 11.8 Å². The normalized spacial score (nSPS) is 16.3. The molecule has 9 nitrogen and oxygen atoms in total. The van der Waals surface area contributed by atoms with Crippen molar-refractivity contribution in [1.29, 1.82) is 0 Å². The smallest absolute Gasteiger partial charge is 0.475 e. The van der Waals surface area contributed by atoms with Crippen LogP contribution >= 0.6 is 0 Å². The van der Waals surface area contributed by atoms with Gasteiger partial charge in [0.15, 0.2) is 0 Å². The minimum Gasteiger partial charge on any atom is -0.475 e. The topological polar surface area (TPSA) is 118 Å². The molecule has 1 unspecified atom stereocenters. The lowest BCUT2D eigenvalue weighted by Gasteiger charge is -2.30. The van der Waals surface area contributed by atoms with Crippen LogP contribution in [0.4, 0.5) is 31.1 Å². The molecule has 0 bridgehead atoms. The first-order valence-electron chi connectivity index (χ1n) is 11.4. The fraction of sp³-hybridized carbons (Fsp3) is 0.652. The molecular formula is C23H31F6N3O6. The third-order valence-electron chi connectivity index (χ3n) is 4.79. The number of aromatic nitrogens is 1. The summed E-state index contributed by atoms with van der Waals surface area (Å²) in [5.74, 6) is -3.62. The third-order valence-corrected chi connectivity index (χ3v) is 4.79. The lowest BCUT2D eigenvalue weighted by molar-refractivity contribution is -0.192. The number of carbonyl (C=O) groups excluding carboxylic acids is 2. The molecule has 1 aromatic heterocycles. The van der Waals surface area contributed by atoms with Crippen LogP contribution in [0.2, 0.25) is 0 Å². The van der Waals surface area contributed by atoms with E-state index >= 15 is 0 Å². The van der Waals surface area contributed by atoms with Gasteiger partial charge in [0.05, 0.1) is 5.54 Å². The van der Waals surface area contributed by atoms with Crippen molar-refractivity contribution < 1.29 is 55.3 Å². The number of carboxylic acids is 1. The molecular weight excluding hydrogens is 528 g/mol. The molecule has 0 aromatic carbocycles. The van der Waals surface area contributed by atoms with Gasteiger partial charge in [-0.05, 0) is 59.6 Å². The first-order chi connectivity index (χ1) is 17.1. The number of alkyl halides is 6. The van der Waals surface area contributed by atoms with E-state index < -0.39 is 47.0 Å². The van der Waals surface area contributed by atoms with E-state index in [0.717, 1.165) is 12.5 Å². The second-order valence-corrected chi connectivity index (χ2v) is 10.1.